The van der Waals surface area contributed by atoms with Gasteiger partial charge in [-0.2, -0.15) is 0 Å². The molecule has 1 aromatic rings. The molecule has 21 heavy (non-hydrogen) atoms. The van der Waals surface area contributed by atoms with E-state index in [-0.39, 0.29) is 11.9 Å². The van der Waals surface area contributed by atoms with E-state index < -0.39 is 0 Å². The maximum Gasteiger partial charge on any atom is 0.220 e. The number of piperidine rings is 1. The minimum atomic E-state index is 0.132. The Hall–Kier alpha value is -1.85. The van der Waals surface area contributed by atoms with Crippen LogP contribution >= 0.6 is 0 Å². The van der Waals surface area contributed by atoms with Crippen molar-refractivity contribution in [2.45, 2.75) is 52.0 Å². The summed E-state index contributed by atoms with van der Waals surface area (Å²) in [5.74, 6) is 2.71. The van der Waals surface area contributed by atoms with Gasteiger partial charge in [0.15, 0.2) is 0 Å². The molecular formula is C15H25N5O. The number of hydrogen-bond acceptors (Lipinski definition) is 5. The highest BCUT2D eigenvalue weighted by atomic mass is 16.1. The summed E-state index contributed by atoms with van der Waals surface area (Å²) in [5, 5.41) is 9.61. The van der Waals surface area contributed by atoms with Crippen molar-refractivity contribution in [3.63, 3.8) is 0 Å². The molecule has 1 aromatic heterocycles. The fourth-order valence-electron chi connectivity index (χ4n) is 2.32. The highest BCUT2D eigenvalue weighted by Crippen LogP contribution is 2.16. The second kappa shape index (κ2) is 7.81. The van der Waals surface area contributed by atoms with Gasteiger partial charge in [0.25, 0.3) is 0 Å². The Morgan fingerprint density at radius 3 is 2.76 bits per heavy atom. The van der Waals surface area contributed by atoms with Gasteiger partial charge in [-0.1, -0.05) is 13.8 Å². The van der Waals surface area contributed by atoms with Crippen molar-refractivity contribution < 1.29 is 4.79 Å². The molecule has 0 radical (unpaired) electrons. The van der Waals surface area contributed by atoms with E-state index in [0.29, 0.717) is 13.0 Å². The first-order valence-electron chi connectivity index (χ1n) is 7.86. The molecule has 0 bridgehead atoms. The van der Waals surface area contributed by atoms with Crippen LogP contribution in [0.25, 0.3) is 0 Å². The standard InChI is InChI=1S/C15H25N5O/c1-3-5-12-19-13(16-8-4-2)9-14(20-12)18-11-6-7-15(21)17-10-11/h9,11H,3-8,10H2,1-2H3,(H,17,21)(H2,16,18,19,20). The normalized spacial score (nSPS) is 18.2. The van der Waals surface area contributed by atoms with Crippen molar-refractivity contribution in [2.75, 3.05) is 23.7 Å². The van der Waals surface area contributed by atoms with Crippen molar-refractivity contribution >= 4 is 17.5 Å². The molecule has 2 rings (SSSR count). The van der Waals surface area contributed by atoms with Gasteiger partial charge >= 0.3 is 0 Å². The minimum absolute atomic E-state index is 0.132. The molecule has 6 nitrogen and oxygen atoms in total. The topological polar surface area (TPSA) is 78.9 Å². The first-order valence-corrected chi connectivity index (χ1v) is 7.86. The first-order chi connectivity index (χ1) is 10.2. The molecule has 0 aromatic carbocycles. The lowest BCUT2D eigenvalue weighted by Gasteiger charge is -2.24. The summed E-state index contributed by atoms with van der Waals surface area (Å²) in [6.07, 6.45) is 4.38. The van der Waals surface area contributed by atoms with E-state index in [1.165, 1.54) is 0 Å². The van der Waals surface area contributed by atoms with Gasteiger partial charge in [0, 0.05) is 38.0 Å². The van der Waals surface area contributed by atoms with Gasteiger partial charge in [0.1, 0.15) is 17.5 Å². The number of aryl methyl sites for hydroxylation is 1. The van der Waals surface area contributed by atoms with E-state index in [0.717, 1.165) is 49.7 Å². The monoisotopic (exact) mass is 291 g/mol. The maximum atomic E-state index is 11.2. The average Bonchev–Trinajstić information content (AvgIpc) is 2.48. The van der Waals surface area contributed by atoms with Gasteiger partial charge in [0.2, 0.25) is 5.91 Å². The number of aromatic nitrogens is 2. The van der Waals surface area contributed by atoms with E-state index in [2.05, 4.69) is 39.8 Å². The zero-order valence-electron chi connectivity index (χ0n) is 12.9. The molecule has 1 aliphatic rings. The summed E-state index contributed by atoms with van der Waals surface area (Å²) in [7, 11) is 0. The molecule has 0 saturated carbocycles. The maximum absolute atomic E-state index is 11.2. The van der Waals surface area contributed by atoms with E-state index in [4.69, 9.17) is 0 Å². The van der Waals surface area contributed by atoms with Gasteiger partial charge < -0.3 is 16.0 Å². The van der Waals surface area contributed by atoms with Crippen LogP contribution < -0.4 is 16.0 Å². The third-order valence-electron chi connectivity index (χ3n) is 3.42. The molecule has 1 saturated heterocycles. The second-order valence-electron chi connectivity index (χ2n) is 5.42. The molecule has 1 atom stereocenters. The van der Waals surface area contributed by atoms with E-state index in [9.17, 15) is 4.79 Å². The van der Waals surface area contributed by atoms with Crippen LogP contribution in [0.2, 0.25) is 0 Å². The Bertz CT molecular complexity index is 467. The fraction of sp³-hybridized carbons (Fsp3) is 0.667. The van der Waals surface area contributed by atoms with Crippen LogP contribution in [-0.4, -0.2) is 35.0 Å². The van der Waals surface area contributed by atoms with E-state index in [1.54, 1.807) is 0 Å². The molecule has 116 valence electrons. The van der Waals surface area contributed by atoms with Crippen LogP contribution in [0.1, 0.15) is 45.4 Å². The number of carbonyl (C=O) groups excluding carboxylic acids is 1. The van der Waals surface area contributed by atoms with Gasteiger partial charge in [-0.3, -0.25) is 4.79 Å². The number of hydrogen-bond donors (Lipinski definition) is 3. The Kier molecular flexibility index (Phi) is 5.78. The molecular weight excluding hydrogens is 266 g/mol. The SMILES string of the molecule is CCCNc1cc(NC2CCC(=O)NC2)nc(CCC)n1. The van der Waals surface area contributed by atoms with E-state index >= 15 is 0 Å². The Morgan fingerprint density at radius 1 is 1.29 bits per heavy atom. The highest BCUT2D eigenvalue weighted by Gasteiger charge is 2.18. The van der Waals surface area contributed by atoms with Gasteiger partial charge in [-0.05, 0) is 19.3 Å². The van der Waals surface area contributed by atoms with Crippen LogP contribution in [0.4, 0.5) is 11.6 Å². The van der Waals surface area contributed by atoms with Crippen molar-refractivity contribution in [3.8, 4) is 0 Å². The quantitative estimate of drug-likeness (QED) is 0.715. The zero-order valence-corrected chi connectivity index (χ0v) is 12.9. The van der Waals surface area contributed by atoms with Crippen LogP contribution in [0.15, 0.2) is 6.07 Å². The molecule has 2 heterocycles. The van der Waals surface area contributed by atoms with Crippen LogP contribution in [0.3, 0.4) is 0 Å². The van der Waals surface area contributed by atoms with Crippen molar-refractivity contribution in [1.82, 2.24) is 15.3 Å². The molecule has 1 unspecified atom stereocenters. The molecule has 1 amide bonds. The highest BCUT2D eigenvalue weighted by molar-refractivity contribution is 5.77. The summed E-state index contributed by atoms with van der Waals surface area (Å²) in [6.45, 7) is 5.81. The summed E-state index contributed by atoms with van der Waals surface area (Å²) in [4.78, 5) is 20.3. The molecule has 1 fully saturated rings. The number of amides is 1. The predicted octanol–water partition coefficient (Wildman–Crippen LogP) is 1.94. The minimum Gasteiger partial charge on any atom is -0.370 e. The second-order valence-corrected chi connectivity index (χ2v) is 5.42. The summed E-state index contributed by atoms with van der Waals surface area (Å²) < 4.78 is 0. The first kappa shape index (κ1) is 15.5. The Morgan fingerprint density at radius 2 is 2.10 bits per heavy atom. The zero-order chi connectivity index (χ0) is 15.1. The van der Waals surface area contributed by atoms with E-state index in [1.807, 2.05) is 6.07 Å². The molecule has 6 heteroatoms. The summed E-state index contributed by atoms with van der Waals surface area (Å²) in [5.41, 5.74) is 0. The lowest BCUT2D eigenvalue weighted by Crippen LogP contribution is -2.42. The number of anilines is 2. The lowest BCUT2D eigenvalue weighted by molar-refractivity contribution is -0.122. The molecule has 1 aliphatic heterocycles. The molecule has 0 spiro atoms. The number of rotatable bonds is 7. The Balaban J connectivity index is 2.05. The van der Waals surface area contributed by atoms with Gasteiger partial charge in [-0.15, -0.1) is 0 Å². The summed E-state index contributed by atoms with van der Waals surface area (Å²) in [6, 6.07) is 2.19. The van der Waals surface area contributed by atoms with Crippen molar-refractivity contribution in [1.29, 1.82) is 0 Å². The molecule has 0 aliphatic carbocycles. The molecule has 3 N–H and O–H groups in total. The lowest BCUT2D eigenvalue weighted by atomic mass is 10.1. The third kappa shape index (κ3) is 4.88. The van der Waals surface area contributed by atoms with Gasteiger partial charge in [-0.25, -0.2) is 9.97 Å². The Labute approximate surface area is 126 Å². The van der Waals surface area contributed by atoms with Crippen LogP contribution in [0, 0.1) is 0 Å². The number of nitrogens with one attached hydrogen (secondary N) is 3. The van der Waals surface area contributed by atoms with Crippen LogP contribution in [0.5, 0.6) is 0 Å². The number of carbonyl (C=O) groups is 1. The fourth-order valence-corrected chi connectivity index (χ4v) is 2.32. The third-order valence-corrected chi connectivity index (χ3v) is 3.42. The van der Waals surface area contributed by atoms with Crippen molar-refractivity contribution in [2.24, 2.45) is 0 Å². The largest absolute Gasteiger partial charge is 0.370 e. The van der Waals surface area contributed by atoms with Gasteiger partial charge in [0.05, 0.1) is 0 Å². The predicted molar refractivity (Wildman–Crippen MR) is 84.5 cm³/mol. The smallest absolute Gasteiger partial charge is 0.220 e. The van der Waals surface area contributed by atoms with Crippen molar-refractivity contribution in [3.05, 3.63) is 11.9 Å². The van der Waals surface area contributed by atoms with Crippen LogP contribution in [-0.2, 0) is 11.2 Å². The average molecular weight is 291 g/mol. The number of nitrogens with zero attached hydrogens (tertiary/aromatic N) is 2. The summed E-state index contributed by atoms with van der Waals surface area (Å²) >= 11 is 0.